The van der Waals surface area contributed by atoms with Crippen molar-refractivity contribution in [3.05, 3.63) is 40.7 Å². The van der Waals surface area contributed by atoms with Crippen LogP contribution in [0.3, 0.4) is 0 Å². The van der Waals surface area contributed by atoms with Gasteiger partial charge in [-0.05, 0) is 38.3 Å². The zero-order chi connectivity index (χ0) is 31.6. The number of halogens is 2. The Balaban J connectivity index is 1.32. The third-order valence-corrected chi connectivity index (χ3v) is 9.61. The molecular formula is C31H31F2N7O4S. The van der Waals surface area contributed by atoms with Crippen LogP contribution in [0.1, 0.15) is 43.9 Å². The van der Waals surface area contributed by atoms with Crippen molar-refractivity contribution in [1.82, 2.24) is 19.9 Å². The van der Waals surface area contributed by atoms with Gasteiger partial charge in [-0.2, -0.15) is 5.26 Å². The number of hydrogen-bond acceptors (Lipinski definition) is 11. The molecule has 6 heterocycles. The van der Waals surface area contributed by atoms with E-state index < -0.39 is 23.3 Å². The second-order valence-electron chi connectivity index (χ2n) is 12.5. The summed E-state index contributed by atoms with van der Waals surface area (Å²) in [5, 5.41) is 13.4. The van der Waals surface area contributed by atoms with Gasteiger partial charge in [-0.15, -0.1) is 11.3 Å². The van der Waals surface area contributed by atoms with Gasteiger partial charge < -0.3 is 19.1 Å². The van der Waals surface area contributed by atoms with E-state index >= 15 is 8.78 Å². The van der Waals surface area contributed by atoms with Crippen molar-refractivity contribution in [2.45, 2.75) is 58.2 Å². The maximum Gasteiger partial charge on any atom is 0.412 e. The average molecular weight is 636 g/mol. The van der Waals surface area contributed by atoms with E-state index in [4.69, 9.17) is 19.2 Å². The minimum absolute atomic E-state index is 0.0387. The van der Waals surface area contributed by atoms with Gasteiger partial charge >= 0.3 is 6.09 Å². The lowest BCUT2D eigenvalue weighted by Gasteiger charge is -2.42. The van der Waals surface area contributed by atoms with Gasteiger partial charge in [0.05, 0.1) is 41.5 Å². The number of aromatic nitrogens is 3. The number of likely N-dealkylation sites (tertiary alicyclic amines) is 1. The summed E-state index contributed by atoms with van der Waals surface area (Å²) in [6.07, 6.45) is 3.03. The number of anilines is 2. The van der Waals surface area contributed by atoms with Gasteiger partial charge in [0.2, 0.25) is 5.95 Å². The summed E-state index contributed by atoms with van der Waals surface area (Å²) >= 11 is 0.864. The summed E-state index contributed by atoms with van der Waals surface area (Å²) < 4.78 is 48.5. The maximum atomic E-state index is 16.8. The zero-order valence-electron chi connectivity index (χ0n) is 25.2. The summed E-state index contributed by atoms with van der Waals surface area (Å²) in [6, 6.07) is 2.40. The molecular weight excluding hydrogens is 604 g/mol. The number of ether oxygens (including phenoxy) is 3. The van der Waals surface area contributed by atoms with Gasteiger partial charge in [0, 0.05) is 61.9 Å². The van der Waals surface area contributed by atoms with E-state index in [1.54, 1.807) is 34.1 Å². The molecule has 234 valence electrons. The molecule has 0 spiro atoms. The Bertz CT molecular complexity index is 1900. The Morgan fingerprint density at radius 2 is 1.96 bits per heavy atom. The molecule has 3 aliphatic heterocycles. The Labute approximate surface area is 261 Å². The summed E-state index contributed by atoms with van der Waals surface area (Å²) in [4.78, 5) is 30.6. The first-order chi connectivity index (χ1) is 21.6. The first-order valence-electron chi connectivity index (χ1n) is 14.7. The largest absolute Gasteiger partial charge is 0.444 e. The number of amides is 1. The normalized spacial score (nSPS) is 18.8. The van der Waals surface area contributed by atoms with Crippen molar-refractivity contribution in [1.29, 1.82) is 5.26 Å². The smallest absolute Gasteiger partial charge is 0.412 e. The molecule has 1 aromatic carbocycles. The molecule has 1 amide bonds. The van der Waals surface area contributed by atoms with E-state index in [1.165, 1.54) is 0 Å². The van der Waals surface area contributed by atoms with Gasteiger partial charge in [-0.25, -0.2) is 23.5 Å². The molecule has 0 bridgehead atoms. The van der Waals surface area contributed by atoms with Gasteiger partial charge in [0.25, 0.3) is 0 Å². The van der Waals surface area contributed by atoms with Crippen molar-refractivity contribution in [3.63, 3.8) is 0 Å². The van der Waals surface area contributed by atoms with Crippen LogP contribution in [0.25, 0.3) is 32.2 Å². The van der Waals surface area contributed by atoms with E-state index in [1.807, 2.05) is 0 Å². The molecule has 7 rings (SSSR count). The fourth-order valence-corrected chi connectivity index (χ4v) is 7.33. The summed E-state index contributed by atoms with van der Waals surface area (Å²) in [6.45, 7) is 8.66. The molecule has 11 nitrogen and oxygen atoms in total. The topological polar surface area (TPSA) is 126 Å². The number of carbonyl (C=O) groups excluding carboxylic acids is 1. The number of hydrogen-bond donors (Lipinski definition) is 1. The van der Waals surface area contributed by atoms with Crippen LogP contribution in [-0.2, 0) is 27.4 Å². The quantitative estimate of drug-likeness (QED) is 0.307. The van der Waals surface area contributed by atoms with Crippen LogP contribution in [0, 0.1) is 23.0 Å². The zero-order valence-corrected chi connectivity index (χ0v) is 26.1. The molecule has 0 aliphatic carbocycles. The molecule has 3 aliphatic rings. The van der Waals surface area contributed by atoms with E-state index in [0.29, 0.717) is 22.9 Å². The molecule has 0 saturated carbocycles. The van der Waals surface area contributed by atoms with E-state index in [2.05, 4.69) is 31.2 Å². The standard InChI is InChI=1S/C31H31F2N7O4S/c1-31(2,3)44-30(41)38-28-17(7-34)23-26(35-9-21(32)27(23)45-28)22-20-14-43-13-19(20)18-8-36-29(37-25(18)24(22)33)39-6-5-15(10-39)40-11-16(12-40)42-4/h8-9,15-16H,5-6,10-14H2,1-4H3,(H,38,41)/t15-/m0/s1. The lowest BCUT2D eigenvalue weighted by Crippen LogP contribution is -2.56. The van der Waals surface area contributed by atoms with Gasteiger partial charge in [0.1, 0.15) is 22.2 Å². The minimum Gasteiger partial charge on any atom is -0.444 e. The fourth-order valence-electron chi connectivity index (χ4n) is 6.29. The fraction of sp³-hybridized carbons (Fsp3) is 0.452. The highest BCUT2D eigenvalue weighted by atomic mass is 32.1. The number of benzene rings is 1. The first kappa shape index (κ1) is 29.7. The van der Waals surface area contributed by atoms with Crippen molar-refractivity contribution in [2.24, 2.45) is 0 Å². The maximum absolute atomic E-state index is 16.8. The van der Waals surface area contributed by atoms with Gasteiger partial charge in [-0.1, -0.05) is 0 Å². The third-order valence-electron chi connectivity index (χ3n) is 8.49. The number of carbonyl (C=O) groups is 1. The van der Waals surface area contributed by atoms with Crippen LogP contribution in [0.15, 0.2) is 12.4 Å². The van der Waals surface area contributed by atoms with Crippen LogP contribution in [0.5, 0.6) is 0 Å². The molecule has 4 aromatic rings. The number of thiophene rings is 1. The second kappa shape index (κ2) is 11.1. The number of nitrogens with one attached hydrogen (secondary N) is 1. The Kier molecular flexibility index (Phi) is 7.31. The second-order valence-corrected chi connectivity index (χ2v) is 13.5. The Hall–Kier alpha value is -4.03. The molecule has 45 heavy (non-hydrogen) atoms. The molecule has 1 N–H and O–H groups in total. The first-order valence-corrected chi connectivity index (χ1v) is 15.5. The molecule has 0 unspecified atom stereocenters. The van der Waals surface area contributed by atoms with E-state index in [-0.39, 0.29) is 56.7 Å². The summed E-state index contributed by atoms with van der Waals surface area (Å²) in [7, 11) is 1.72. The van der Waals surface area contributed by atoms with Crippen LogP contribution < -0.4 is 10.2 Å². The van der Waals surface area contributed by atoms with Crippen LogP contribution in [0.2, 0.25) is 0 Å². The summed E-state index contributed by atoms with van der Waals surface area (Å²) in [5.41, 5.74) is 0.699. The summed E-state index contributed by atoms with van der Waals surface area (Å²) in [5.74, 6) is -0.933. The molecule has 0 radical (unpaired) electrons. The van der Waals surface area contributed by atoms with Crippen molar-refractivity contribution in [2.75, 3.05) is 43.5 Å². The number of pyridine rings is 1. The highest BCUT2D eigenvalue weighted by Gasteiger charge is 2.37. The molecule has 3 aromatic heterocycles. The average Bonchev–Trinajstić information content (AvgIpc) is 3.72. The Morgan fingerprint density at radius 3 is 2.69 bits per heavy atom. The van der Waals surface area contributed by atoms with Crippen LogP contribution in [0.4, 0.5) is 24.5 Å². The Morgan fingerprint density at radius 1 is 1.18 bits per heavy atom. The SMILES string of the molecule is COC1CN([C@H]2CCN(c3ncc4c5c(c(-c6ncc(F)c7sc(NC(=O)OC(C)(C)C)c(C#N)c67)c(F)c4n3)COC5)C2)C1. The third kappa shape index (κ3) is 5.13. The van der Waals surface area contributed by atoms with E-state index in [9.17, 15) is 10.1 Å². The highest BCUT2D eigenvalue weighted by Crippen LogP contribution is 2.46. The monoisotopic (exact) mass is 635 g/mol. The van der Waals surface area contributed by atoms with Gasteiger partial charge in [0.15, 0.2) is 11.6 Å². The number of fused-ring (bicyclic) bond motifs is 4. The number of rotatable bonds is 5. The predicted molar refractivity (Wildman–Crippen MR) is 164 cm³/mol. The lowest BCUT2D eigenvalue weighted by molar-refractivity contribution is -0.0464. The minimum atomic E-state index is -0.798. The molecule has 2 fully saturated rings. The lowest BCUT2D eigenvalue weighted by atomic mass is 9.94. The van der Waals surface area contributed by atoms with E-state index in [0.717, 1.165) is 55.7 Å². The number of nitrogens with zero attached hydrogens (tertiary/aromatic N) is 6. The highest BCUT2D eigenvalue weighted by molar-refractivity contribution is 7.23. The number of methoxy groups -OCH3 is 1. The molecule has 1 atom stereocenters. The predicted octanol–water partition coefficient (Wildman–Crippen LogP) is 5.34. The van der Waals surface area contributed by atoms with Crippen molar-refractivity contribution < 1.29 is 27.8 Å². The van der Waals surface area contributed by atoms with Gasteiger partial charge in [-0.3, -0.25) is 15.2 Å². The van der Waals surface area contributed by atoms with Crippen LogP contribution in [-0.4, -0.2) is 77.0 Å². The van der Waals surface area contributed by atoms with Crippen LogP contribution >= 0.6 is 11.3 Å². The molecule has 14 heteroatoms. The number of nitriles is 1. The molecule has 2 saturated heterocycles. The van der Waals surface area contributed by atoms with Crippen molar-refractivity contribution in [3.8, 4) is 17.3 Å². The van der Waals surface area contributed by atoms with Crippen molar-refractivity contribution >= 4 is 49.4 Å².